The van der Waals surface area contributed by atoms with Gasteiger partial charge >= 0.3 is 0 Å². The average Bonchev–Trinajstić information content (AvgIpc) is 3.50. The molecule has 0 radical (unpaired) electrons. The van der Waals surface area contributed by atoms with E-state index < -0.39 is 17.2 Å². The van der Waals surface area contributed by atoms with E-state index in [1.807, 2.05) is 32.0 Å². The van der Waals surface area contributed by atoms with E-state index in [1.165, 1.54) is 6.07 Å². The number of carbonyl (C=O) groups is 1. The Morgan fingerprint density at radius 3 is 2.84 bits per heavy atom. The molecule has 2 aromatic heterocycles. The van der Waals surface area contributed by atoms with Gasteiger partial charge in [0.2, 0.25) is 0 Å². The molecule has 0 aliphatic carbocycles. The summed E-state index contributed by atoms with van der Waals surface area (Å²) in [7, 11) is 0. The molecule has 1 saturated heterocycles. The summed E-state index contributed by atoms with van der Waals surface area (Å²) in [5, 5.41) is 4.28. The number of hydrogen-bond donors (Lipinski definition) is 1. The lowest BCUT2D eigenvalue weighted by atomic mass is 9.96. The molecule has 1 N–H and O–H groups in total. The van der Waals surface area contributed by atoms with Crippen molar-refractivity contribution in [2.24, 2.45) is 0 Å². The number of rotatable bonds is 3. The summed E-state index contributed by atoms with van der Waals surface area (Å²) in [6.45, 7) is 4.38. The Kier molecular flexibility index (Phi) is 4.39. The Hall–Kier alpha value is -3.55. The number of nitrogens with zero attached hydrogens (tertiary/aromatic N) is 4. The van der Waals surface area contributed by atoms with E-state index >= 15 is 0 Å². The van der Waals surface area contributed by atoms with Crippen LogP contribution in [0.15, 0.2) is 48.8 Å². The Bertz CT molecular complexity index is 1300. The lowest BCUT2D eigenvalue weighted by Gasteiger charge is -2.34. The standard InChI is InChI=1S/C23H21F2N5O/c1-14-5-8-18(30-12-4-10-26-30)15(13-14)21(31)29-11-3-9-23(29,2)22-27-17-7-6-16(24)19(25)20(17)28-22/h4-8,10,12-13H,3,9,11H2,1-2H3,(H,27,28). The Morgan fingerprint density at radius 1 is 1.23 bits per heavy atom. The molecule has 0 spiro atoms. The number of carbonyl (C=O) groups excluding carboxylic acids is 1. The zero-order valence-corrected chi connectivity index (χ0v) is 17.2. The maximum absolute atomic E-state index is 14.3. The number of hydrogen-bond acceptors (Lipinski definition) is 3. The van der Waals surface area contributed by atoms with Crippen molar-refractivity contribution in [3.05, 3.63) is 77.4 Å². The molecule has 4 aromatic rings. The van der Waals surface area contributed by atoms with Crippen molar-refractivity contribution >= 4 is 16.9 Å². The van der Waals surface area contributed by atoms with Crippen LogP contribution in [0, 0.1) is 18.6 Å². The Balaban J connectivity index is 1.59. The number of H-pyrrole nitrogens is 1. The van der Waals surface area contributed by atoms with Gasteiger partial charge in [0.05, 0.1) is 22.3 Å². The minimum absolute atomic E-state index is 0.0525. The summed E-state index contributed by atoms with van der Waals surface area (Å²) in [5.74, 6) is -1.63. The highest BCUT2D eigenvalue weighted by Gasteiger charge is 2.44. The molecule has 1 amide bonds. The highest BCUT2D eigenvalue weighted by Crippen LogP contribution is 2.39. The van der Waals surface area contributed by atoms with E-state index in [2.05, 4.69) is 15.1 Å². The van der Waals surface area contributed by atoms with Gasteiger partial charge in [-0.1, -0.05) is 11.6 Å². The summed E-state index contributed by atoms with van der Waals surface area (Å²) >= 11 is 0. The normalized spacial score (nSPS) is 18.8. The third-order valence-electron chi connectivity index (χ3n) is 6.08. The fourth-order valence-electron chi connectivity index (χ4n) is 4.39. The maximum Gasteiger partial charge on any atom is 0.256 e. The smallest absolute Gasteiger partial charge is 0.256 e. The summed E-state index contributed by atoms with van der Waals surface area (Å²) < 4.78 is 29.6. The first-order chi connectivity index (χ1) is 14.9. The van der Waals surface area contributed by atoms with Crippen molar-refractivity contribution in [2.75, 3.05) is 6.54 Å². The molecule has 1 fully saturated rings. The SMILES string of the molecule is Cc1ccc(-n2cccn2)c(C(=O)N2CCCC2(C)c2nc3c(F)c(F)ccc3[nH]2)c1. The van der Waals surface area contributed by atoms with Crippen LogP contribution in [-0.4, -0.2) is 37.1 Å². The number of aromatic amines is 1. The molecule has 1 aliphatic rings. The molecule has 0 bridgehead atoms. The molecule has 8 heteroatoms. The zero-order valence-electron chi connectivity index (χ0n) is 17.2. The first kappa shape index (κ1) is 19.4. The third-order valence-corrected chi connectivity index (χ3v) is 6.08. The molecule has 0 saturated carbocycles. The van der Waals surface area contributed by atoms with Crippen LogP contribution in [-0.2, 0) is 5.54 Å². The van der Waals surface area contributed by atoms with Gasteiger partial charge in [0.15, 0.2) is 11.6 Å². The molecule has 5 rings (SSSR count). The lowest BCUT2D eigenvalue weighted by molar-refractivity contribution is 0.0605. The van der Waals surface area contributed by atoms with Crippen LogP contribution in [0.2, 0.25) is 0 Å². The average molecular weight is 421 g/mol. The molecular formula is C23H21F2N5O. The van der Waals surface area contributed by atoms with Gasteiger partial charge in [0.25, 0.3) is 5.91 Å². The van der Waals surface area contributed by atoms with Crippen LogP contribution in [0.4, 0.5) is 8.78 Å². The monoisotopic (exact) mass is 421 g/mol. The molecule has 1 aliphatic heterocycles. The van der Waals surface area contributed by atoms with Gasteiger partial charge in [-0.05, 0) is 57.0 Å². The molecule has 31 heavy (non-hydrogen) atoms. The quantitative estimate of drug-likeness (QED) is 0.530. The number of amides is 1. The van der Waals surface area contributed by atoms with E-state index in [4.69, 9.17) is 0 Å². The predicted octanol–water partition coefficient (Wildman–Crippen LogP) is 4.49. The van der Waals surface area contributed by atoms with E-state index in [1.54, 1.807) is 28.0 Å². The summed E-state index contributed by atoms with van der Waals surface area (Å²) in [6.07, 6.45) is 4.89. The number of halogens is 2. The predicted molar refractivity (Wildman–Crippen MR) is 112 cm³/mol. The van der Waals surface area contributed by atoms with Crippen LogP contribution in [0.25, 0.3) is 16.7 Å². The van der Waals surface area contributed by atoms with Crippen LogP contribution in [0.3, 0.4) is 0 Å². The second-order valence-electron chi connectivity index (χ2n) is 8.15. The first-order valence-corrected chi connectivity index (χ1v) is 10.2. The van der Waals surface area contributed by atoms with E-state index in [-0.39, 0.29) is 11.4 Å². The number of aryl methyl sites for hydroxylation is 1. The number of benzene rings is 2. The minimum atomic E-state index is -0.987. The van der Waals surface area contributed by atoms with Crippen molar-refractivity contribution in [3.8, 4) is 5.69 Å². The second-order valence-corrected chi connectivity index (χ2v) is 8.15. The van der Waals surface area contributed by atoms with E-state index in [0.717, 1.165) is 18.1 Å². The van der Waals surface area contributed by atoms with Gasteiger partial charge in [-0.2, -0.15) is 5.10 Å². The van der Waals surface area contributed by atoms with Gasteiger partial charge in [-0.15, -0.1) is 0 Å². The van der Waals surface area contributed by atoms with Crippen molar-refractivity contribution in [3.63, 3.8) is 0 Å². The molecule has 6 nitrogen and oxygen atoms in total. The summed E-state index contributed by atoms with van der Waals surface area (Å²) in [4.78, 5) is 23.0. The lowest BCUT2D eigenvalue weighted by Crippen LogP contribution is -2.44. The second kappa shape index (κ2) is 7.01. The fourth-order valence-corrected chi connectivity index (χ4v) is 4.39. The minimum Gasteiger partial charge on any atom is -0.340 e. The molecule has 1 unspecified atom stereocenters. The third kappa shape index (κ3) is 3.01. The summed E-state index contributed by atoms with van der Waals surface area (Å²) in [5.41, 5.74) is 1.76. The summed E-state index contributed by atoms with van der Waals surface area (Å²) in [6, 6.07) is 10.0. The van der Waals surface area contributed by atoms with E-state index in [9.17, 15) is 13.6 Å². The Morgan fingerprint density at radius 2 is 2.06 bits per heavy atom. The van der Waals surface area contributed by atoms with Crippen molar-refractivity contribution in [1.29, 1.82) is 0 Å². The molecule has 2 aromatic carbocycles. The number of likely N-dealkylation sites (tertiary alicyclic amines) is 1. The maximum atomic E-state index is 14.3. The Labute approximate surface area is 177 Å². The van der Waals surface area contributed by atoms with Crippen LogP contribution in [0.1, 0.15) is 41.5 Å². The molecule has 1 atom stereocenters. The van der Waals surface area contributed by atoms with Crippen LogP contribution < -0.4 is 0 Å². The van der Waals surface area contributed by atoms with Crippen molar-refractivity contribution in [1.82, 2.24) is 24.6 Å². The highest BCUT2D eigenvalue weighted by atomic mass is 19.2. The number of aromatic nitrogens is 4. The van der Waals surface area contributed by atoms with Crippen LogP contribution >= 0.6 is 0 Å². The number of imidazole rings is 1. The van der Waals surface area contributed by atoms with Gasteiger partial charge in [0, 0.05) is 18.9 Å². The molecule has 3 heterocycles. The largest absolute Gasteiger partial charge is 0.340 e. The van der Waals surface area contributed by atoms with Gasteiger partial charge in [-0.25, -0.2) is 18.4 Å². The van der Waals surface area contributed by atoms with Crippen LogP contribution in [0.5, 0.6) is 0 Å². The first-order valence-electron chi connectivity index (χ1n) is 10.2. The highest BCUT2D eigenvalue weighted by molar-refractivity contribution is 5.98. The topological polar surface area (TPSA) is 66.8 Å². The van der Waals surface area contributed by atoms with E-state index in [0.29, 0.717) is 35.6 Å². The van der Waals surface area contributed by atoms with Crippen molar-refractivity contribution < 1.29 is 13.6 Å². The number of fused-ring (bicyclic) bond motifs is 1. The van der Waals surface area contributed by atoms with Gasteiger partial charge in [0.1, 0.15) is 11.3 Å². The van der Waals surface area contributed by atoms with Gasteiger partial charge < -0.3 is 9.88 Å². The zero-order chi connectivity index (χ0) is 21.8. The molecular weight excluding hydrogens is 400 g/mol. The van der Waals surface area contributed by atoms with Crippen molar-refractivity contribution in [2.45, 2.75) is 32.2 Å². The van der Waals surface area contributed by atoms with Gasteiger partial charge in [-0.3, -0.25) is 4.79 Å². The molecule has 158 valence electrons. The number of nitrogens with one attached hydrogen (secondary N) is 1. The fraction of sp³-hybridized carbons (Fsp3) is 0.261.